The van der Waals surface area contributed by atoms with Gasteiger partial charge < -0.3 is 0 Å². The van der Waals surface area contributed by atoms with E-state index < -0.39 is 18.4 Å². The summed E-state index contributed by atoms with van der Waals surface area (Å²) in [4.78, 5) is 7.18. The van der Waals surface area contributed by atoms with Gasteiger partial charge in [-0.2, -0.15) is 0 Å². The number of hydrogen-bond donors (Lipinski definition) is 0. The fraction of sp³-hybridized carbons (Fsp3) is 0.296. The molecule has 1 heterocycles. The third-order valence-corrected chi connectivity index (χ3v) is 12.5. The van der Waals surface area contributed by atoms with Crippen molar-refractivity contribution in [2.24, 2.45) is 0 Å². The number of hydrogen-bond acceptors (Lipinski definition) is 2. The molecule has 4 aromatic rings. The van der Waals surface area contributed by atoms with Crippen LogP contribution in [0.1, 0.15) is 31.9 Å². The van der Waals surface area contributed by atoms with Gasteiger partial charge in [0.15, 0.2) is 0 Å². The van der Waals surface area contributed by atoms with Gasteiger partial charge in [0.05, 0.1) is 0 Å². The molecule has 0 saturated heterocycles. The molecule has 3 aromatic carbocycles. The fourth-order valence-electron chi connectivity index (χ4n) is 3.90. The van der Waals surface area contributed by atoms with Gasteiger partial charge in [-0.3, -0.25) is 0 Å². The first kappa shape index (κ1) is 27.4. The van der Waals surface area contributed by atoms with Gasteiger partial charge in [-0.05, 0) is 0 Å². The second-order valence-electron chi connectivity index (χ2n) is 8.89. The average Bonchev–Trinajstić information content (AvgIpc) is 3.23. The first-order valence-corrected chi connectivity index (χ1v) is 25.8. The van der Waals surface area contributed by atoms with Gasteiger partial charge >= 0.3 is 179 Å². The van der Waals surface area contributed by atoms with E-state index in [1.807, 2.05) is 50.2 Å². The summed E-state index contributed by atoms with van der Waals surface area (Å²) in [6.45, 7) is 6.45. The molecule has 0 aliphatic carbocycles. The molecule has 0 bridgehead atoms. The van der Waals surface area contributed by atoms with Crippen molar-refractivity contribution in [1.82, 2.24) is 9.55 Å². The minimum atomic E-state index is -2.35. The van der Waals surface area contributed by atoms with Crippen LogP contribution in [0.5, 0.6) is 5.75 Å². The van der Waals surface area contributed by atoms with E-state index in [1.165, 1.54) is 9.10 Å². The van der Waals surface area contributed by atoms with Gasteiger partial charge in [0.2, 0.25) is 0 Å². The van der Waals surface area contributed by atoms with Crippen molar-refractivity contribution in [3.8, 4) is 16.9 Å². The molecule has 0 fully saturated rings. The molecule has 7 heteroatoms. The predicted molar refractivity (Wildman–Crippen MR) is 157 cm³/mol. The van der Waals surface area contributed by atoms with Gasteiger partial charge in [0.1, 0.15) is 0 Å². The third kappa shape index (κ3) is 6.14. The van der Waals surface area contributed by atoms with E-state index in [1.54, 1.807) is 6.07 Å². The Morgan fingerprint density at radius 3 is 2.35 bits per heavy atom. The average molecular weight is 697 g/mol. The van der Waals surface area contributed by atoms with E-state index in [-0.39, 0.29) is 5.82 Å². The van der Waals surface area contributed by atoms with Crippen LogP contribution in [0, 0.1) is 5.82 Å². The number of aromatic nitrogens is 2. The maximum atomic E-state index is 15.0. The van der Waals surface area contributed by atoms with Crippen LogP contribution in [-0.4, -0.2) is 27.9 Å². The normalized spacial score (nSPS) is 11.6. The van der Waals surface area contributed by atoms with Crippen molar-refractivity contribution in [2.45, 2.75) is 48.6 Å². The zero-order valence-corrected chi connectivity index (χ0v) is 26.8. The van der Waals surface area contributed by atoms with E-state index in [0.717, 1.165) is 34.2 Å². The third-order valence-electron chi connectivity index (χ3n) is 5.56. The molecule has 0 spiro atoms. The fourth-order valence-corrected chi connectivity index (χ4v) is 9.76. The first-order valence-electron chi connectivity index (χ1n) is 11.7. The van der Waals surface area contributed by atoms with E-state index in [2.05, 4.69) is 66.4 Å². The second-order valence-corrected chi connectivity index (χ2v) is 25.1. The Morgan fingerprint density at radius 1 is 1.03 bits per heavy atom. The number of benzene rings is 3. The van der Waals surface area contributed by atoms with Gasteiger partial charge in [-0.15, -0.1) is 0 Å². The molecular weight excluding hydrogens is 664 g/mol. The Labute approximate surface area is 221 Å². The molecule has 34 heavy (non-hydrogen) atoms. The van der Waals surface area contributed by atoms with Gasteiger partial charge in [0, 0.05) is 0 Å². The van der Waals surface area contributed by atoms with E-state index in [0.29, 0.717) is 18.7 Å². The molecule has 1 aromatic heterocycles. The Balaban J connectivity index is 0.00000158. The molecule has 1 unspecified atom stereocenters. The first-order chi connectivity index (χ1) is 16.3. The Kier molecular flexibility index (Phi) is 9.82. The van der Waals surface area contributed by atoms with Crippen LogP contribution in [0.4, 0.5) is 4.39 Å². The summed E-state index contributed by atoms with van der Waals surface area (Å²) in [6, 6.07) is 19.8. The molecule has 3 nitrogen and oxygen atoms in total. The van der Waals surface area contributed by atoms with Crippen molar-refractivity contribution >= 4 is 61.4 Å². The molecule has 0 aliphatic rings. The number of nitrogens with zero attached hydrogens (tertiary/aromatic N) is 2. The SMILES string of the molecule is CC.CCc1cc(OCc2ccccc2)c(F)cc1-c1ccc2[c]([Sn]([CH3])([CH3])[CH3])nn(PI)c2c1. The van der Waals surface area contributed by atoms with Crippen molar-refractivity contribution in [3.63, 3.8) is 0 Å². The van der Waals surface area contributed by atoms with E-state index >= 15 is 4.39 Å². The second kappa shape index (κ2) is 12.2. The van der Waals surface area contributed by atoms with E-state index in [9.17, 15) is 0 Å². The summed E-state index contributed by atoms with van der Waals surface area (Å²) < 4.78 is 24.3. The Bertz CT molecular complexity index is 1260. The Morgan fingerprint density at radius 2 is 1.74 bits per heavy atom. The summed E-state index contributed by atoms with van der Waals surface area (Å²) >= 11 is 0.0316. The molecule has 1 atom stereocenters. The van der Waals surface area contributed by atoms with Crippen molar-refractivity contribution < 1.29 is 9.13 Å². The molecule has 0 aliphatic heterocycles. The van der Waals surface area contributed by atoms with Crippen LogP contribution in [0.3, 0.4) is 0 Å². The van der Waals surface area contributed by atoms with Crippen molar-refractivity contribution in [1.29, 1.82) is 0 Å². The maximum absolute atomic E-state index is 15.0. The molecular formula is C27H33FIN2OPSn. The number of fused-ring (bicyclic) bond motifs is 1. The predicted octanol–water partition coefficient (Wildman–Crippen LogP) is 8.35. The molecule has 0 amide bonds. The zero-order chi connectivity index (χ0) is 24.9. The summed E-state index contributed by atoms with van der Waals surface area (Å²) in [5, 5.41) is 6.21. The number of aryl methyl sites for hydroxylation is 1. The van der Waals surface area contributed by atoms with E-state index in [4.69, 9.17) is 9.84 Å². The van der Waals surface area contributed by atoms with Crippen LogP contribution in [0.15, 0.2) is 60.7 Å². The zero-order valence-electron chi connectivity index (χ0n) is 20.7. The summed E-state index contributed by atoms with van der Waals surface area (Å²) in [5.41, 5.74) is 5.18. The topological polar surface area (TPSA) is 27.1 Å². The molecule has 0 saturated carbocycles. The van der Waals surface area contributed by atoms with Gasteiger partial charge in [-0.25, -0.2) is 0 Å². The van der Waals surface area contributed by atoms with Crippen molar-refractivity contribution in [2.75, 3.05) is 0 Å². The molecule has 180 valence electrons. The number of rotatable bonds is 7. The number of halogens is 2. The van der Waals surface area contributed by atoms with Crippen LogP contribution in [0.2, 0.25) is 14.8 Å². The van der Waals surface area contributed by atoms with Crippen LogP contribution < -0.4 is 8.45 Å². The Hall–Kier alpha value is -1.18. The molecule has 4 rings (SSSR count). The van der Waals surface area contributed by atoms with Gasteiger partial charge in [0.25, 0.3) is 0 Å². The summed E-state index contributed by atoms with van der Waals surface area (Å²) in [7, 11) is 0. The van der Waals surface area contributed by atoms with Gasteiger partial charge in [-0.1, -0.05) is 44.2 Å². The minimum absolute atomic E-state index is 0.304. The van der Waals surface area contributed by atoms with Crippen LogP contribution >= 0.6 is 28.4 Å². The number of ether oxygens (including phenoxy) is 1. The summed E-state index contributed by atoms with van der Waals surface area (Å²) in [5.74, 6) is -0.0255. The standard InChI is InChI=1S/C22H18FIN2OP.C2H6.3CH3.Sn/c1-2-16-11-22(27-14-15-6-4-3-5-7-15)20(23)12-19(16)17-8-9-18-13-25-26(28-24)21(18)10-17;1-2;;;;/h3-12,28H,2,14H2,1H3;1-2H3;3*1H3;. The van der Waals surface area contributed by atoms with Crippen molar-refractivity contribution in [3.05, 3.63) is 77.6 Å². The molecule has 0 radical (unpaired) electrons. The monoisotopic (exact) mass is 698 g/mol. The van der Waals surface area contributed by atoms with Crippen LogP contribution in [-0.2, 0) is 13.0 Å². The quantitative estimate of drug-likeness (QED) is 0.110. The van der Waals surface area contributed by atoms with Crippen LogP contribution in [0.25, 0.3) is 22.0 Å². The summed E-state index contributed by atoms with van der Waals surface area (Å²) in [6.07, 6.45) is 1.33. The molecule has 0 N–H and O–H groups in total.